The molecule has 108 valence electrons. The van der Waals surface area contributed by atoms with Gasteiger partial charge in [0, 0.05) is 13.6 Å². The van der Waals surface area contributed by atoms with Crippen LogP contribution in [0, 0.1) is 5.92 Å². The topological polar surface area (TPSA) is 35.6 Å². The zero-order valence-corrected chi connectivity index (χ0v) is 12.3. The van der Waals surface area contributed by atoms with E-state index in [2.05, 4.69) is 41.5 Å². The number of piperidine rings is 1. The van der Waals surface area contributed by atoms with E-state index in [1.165, 1.54) is 24.0 Å². The number of rotatable bonds is 1. The van der Waals surface area contributed by atoms with E-state index in [4.69, 9.17) is 0 Å². The molecule has 0 aromatic heterocycles. The van der Waals surface area contributed by atoms with Crippen molar-refractivity contribution in [3.63, 3.8) is 0 Å². The maximum Gasteiger partial charge on any atom is 0.317 e. The fourth-order valence-corrected chi connectivity index (χ4v) is 3.61. The van der Waals surface area contributed by atoms with Crippen molar-refractivity contribution in [3.05, 3.63) is 35.4 Å². The Balaban J connectivity index is 1.89. The van der Waals surface area contributed by atoms with E-state index in [-0.39, 0.29) is 12.1 Å². The monoisotopic (exact) mass is 273 g/mol. The lowest BCUT2D eigenvalue weighted by molar-refractivity contribution is 0.119. The van der Waals surface area contributed by atoms with Crippen molar-refractivity contribution in [2.24, 2.45) is 5.92 Å². The first-order valence-electron chi connectivity index (χ1n) is 7.45. The second kappa shape index (κ2) is 5.44. The molecule has 20 heavy (non-hydrogen) atoms. The SMILES string of the molecule is CNC(=O)N1Cc2ccccc2C1C1CCN(C)CC1. The van der Waals surface area contributed by atoms with E-state index >= 15 is 0 Å². The van der Waals surface area contributed by atoms with Crippen molar-refractivity contribution in [1.29, 1.82) is 0 Å². The number of likely N-dealkylation sites (tertiary alicyclic amines) is 1. The second-order valence-electron chi connectivity index (χ2n) is 5.97. The van der Waals surface area contributed by atoms with Gasteiger partial charge in [-0.3, -0.25) is 0 Å². The number of benzene rings is 1. The van der Waals surface area contributed by atoms with Crippen LogP contribution in [0.3, 0.4) is 0 Å². The molecular formula is C16H23N3O. The molecule has 1 atom stereocenters. The number of nitrogens with one attached hydrogen (secondary N) is 1. The molecule has 0 aliphatic carbocycles. The molecule has 2 aliphatic heterocycles. The minimum Gasteiger partial charge on any atom is -0.341 e. The Morgan fingerprint density at radius 3 is 2.65 bits per heavy atom. The maximum absolute atomic E-state index is 12.2. The number of carbonyl (C=O) groups excluding carboxylic acids is 1. The lowest BCUT2D eigenvalue weighted by Crippen LogP contribution is -2.42. The Labute approximate surface area is 120 Å². The van der Waals surface area contributed by atoms with Crippen LogP contribution in [-0.4, -0.2) is 43.0 Å². The largest absolute Gasteiger partial charge is 0.341 e. The Hall–Kier alpha value is -1.55. The van der Waals surface area contributed by atoms with Crippen LogP contribution >= 0.6 is 0 Å². The number of carbonyl (C=O) groups is 1. The van der Waals surface area contributed by atoms with Gasteiger partial charge in [0.15, 0.2) is 0 Å². The lowest BCUT2D eigenvalue weighted by atomic mass is 9.85. The van der Waals surface area contributed by atoms with Crippen molar-refractivity contribution in [1.82, 2.24) is 15.1 Å². The summed E-state index contributed by atoms with van der Waals surface area (Å²) in [6.45, 7) is 3.00. The molecular weight excluding hydrogens is 250 g/mol. The predicted molar refractivity (Wildman–Crippen MR) is 79.4 cm³/mol. The molecule has 2 heterocycles. The third kappa shape index (κ3) is 2.29. The van der Waals surface area contributed by atoms with Gasteiger partial charge in [0.05, 0.1) is 6.04 Å². The van der Waals surface area contributed by atoms with Gasteiger partial charge in [-0.1, -0.05) is 24.3 Å². The van der Waals surface area contributed by atoms with E-state index in [0.717, 1.165) is 19.6 Å². The van der Waals surface area contributed by atoms with Crippen molar-refractivity contribution in [2.45, 2.75) is 25.4 Å². The minimum atomic E-state index is 0.0464. The Bertz CT molecular complexity index is 494. The zero-order chi connectivity index (χ0) is 14.1. The van der Waals surface area contributed by atoms with Gasteiger partial charge in [-0.25, -0.2) is 4.79 Å². The van der Waals surface area contributed by atoms with Gasteiger partial charge >= 0.3 is 6.03 Å². The van der Waals surface area contributed by atoms with Gasteiger partial charge < -0.3 is 15.1 Å². The Kier molecular flexibility index (Phi) is 3.66. The summed E-state index contributed by atoms with van der Waals surface area (Å²) in [4.78, 5) is 16.6. The first-order valence-corrected chi connectivity index (χ1v) is 7.45. The van der Waals surface area contributed by atoms with Crippen LogP contribution in [0.1, 0.15) is 30.0 Å². The third-order valence-electron chi connectivity index (χ3n) is 4.73. The highest BCUT2D eigenvalue weighted by molar-refractivity contribution is 5.75. The summed E-state index contributed by atoms with van der Waals surface area (Å²) in [5.41, 5.74) is 2.66. The summed E-state index contributed by atoms with van der Waals surface area (Å²) < 4.78 is 0. The number of fused-ring (bicyclic) bond motifs is 1. The minimum absolute atomic E-state index is 0.0464. The molecule has 2 amide bonds. The molecule has 4 heteroatoms. The van der Waals surface area contributed by atoms with E-state index in [9.17, 15) is 4.79 Å². The highest BCUT2D eigenvalue weighted by Crippen LogP contribution is 2.42. The molecule has 0 saturated carbocycles. The first kappa shape index (κ1) is 13.4. The van der Waals surface area contributed by atoms with E-state index in [0.29, 0.717) is 5.92 Å². The molecule has 1 fully saturated rings. The van der Waals surface area contributed by atoms with Crippen molar-refractivity contribution in [3.8, 4) is 0 Å². The van der Waals surface area contributed by atoms with Crippen LogP contribution in [0.2, 0.25) is 0 Å². The van der Waals surface area contributed by atoms with Crippen LogP contribution in [0.5, 0.6) is 0 Å². The molecule has 1 unspecified atom stereocenters. The molecule has 0 bridgehead atoms. The van der Waals surface area contributed by atoms with E-state index in [1.54, 1.807) is 7.05 Å². The summed E-state index contributed by atoms with van der Waals surface area (Å²) in [6.07, 6.45) is 2.34. The summed E-state index contributed by atoms with van der Waals surface area (Å²) in [5, 5.41) is 2.80. The maximum atomic E-state index is 12.2. The highest BCUT2D eigenvalue weighted by atomic mass is 16.2. The average molecular weight is 273 g/mol. The molecule has 4 nitrogen and oxygen atoms in total. The fraction of sp³-hybridized carbons (Fsp3) is 0.562. The summed E-state index contributed by atoms with van der Waals surface area (Å²) >= 11 is 0. The van der Waals surface area contributed by atoms with Gasteiger partial charge in [0.25, 0.3) is 0 Å². The first-order chi connectivity index (χ1) is 9.70. The second-order valence-corrected chi connectivity index (χ2v) is 5.97. The Morgan fingerprint density at radius 2 is 1.95 bits per heavy atom. The Morgan fingerprint density at radius 1 is 1.25 bits per heavy atom. The van der Waals surface area contributed by atoms with E-state index < -0.39 is 0 Å². The summed E-state index contributed by atoms with van der Waals surface area (Å²) in [5.74, 6) is 0.576. The molecule has 1 aromatic rings. The highest BCUT2D eigenvalue weighted by Gasteiger charge is 2.38. The predicted octanol–water partition coefficient (Wildman–Crippen LogP) is 2.22. The molecule has 0 radical (unpaired) electrons. The molecule has 1 saturated heterocycles. The zero-order valence-electron chi connectivity index (χ0n) is 12.3. The fourth-order valence-electron chi connectivity index (χ4n) is 3.61. The molecule has 2 aliphatic rings. The van der Waals surface area contributed by atoms with Gasteiger partial charge in [0.2, 0.25) is 0 Å². The number of amides is 2. The van der Waals surface area contributed by atoms with Gasteiger partial charge in [0.1, 0.15) is 0 Å². The average Bonchev–Trinajstić information content (AvgIpc) is 2.87. The standard InChI is InChI=1S/C16H23N3O/c1-17-16(20)19-11-13-5-3-4-6-14(13)15(19)12-7-9-18(2)10-8-12/h3-6,12,15H,7-11H2,1-2H3,(H,17,20). The van der Waals surface area contributed by atoms with Gasteiger partial charge in [-0.05, 0) is 50.0 Å². The molecule has 0 spiro atoms. The lowest BCUT2D eigenvalue weighted by Gasteiger charge is -2.37. The summed E-state index contributed by atoms with van der Waals surface area (Å²) in [7, 11) is 3.90. The van der Waals surface area contributed by atoms with Crippen molar-refractivity contribution >= 4 is 6.03 Å². The van der Waals surface area contributed by atoms with Crippen LogP contribution in [-0.2, 0) is 6.54 Å². The number of nitrogens with zero attached hydrogens (tertiary/aromatic N) is 2. The number of hydrogen-bond donors (Lipinski definition) is 1. The van der Waals surface area contributed by atoms with Crippen LogP contribution in [0.4, 0.5) is 4.79 Å². The van der Waals surface area contributed by atoms with Crippen molar-refractivity contribution in [2.75, 3.05) is 27.2 Å². The van der Waals surface area contributed by atoms with Crippen LogP contribution in [0.25, 0.3) is 0 Å². The smallest absolute Gasteiger partial charge is 0.317 e. The number of urea groups is 1. The van der Waals surface area contributed by atoms with Crippen LogP contribution < -0.4 is 5.32 Å². The molecule has 1 N–H and O–H groups in total. The van der Waals surface area contributed by atoms with Crippen LogP contribution in [0.15, 0.2) is 24.3 Å². The molecule has 1 aromatic carbocycles. The van der Waals surface area contributed by atoms with Crippen molar-refractivity contribution < 1.29 is 4.79 Å². The van der Waals surface area contributed by atoms with E-state index in [1.807, 2.05) is 4.90 Å². The molecule has 3 rings (SSSR count). The quantitative estimate of drug-likeness (QED) is 0.851. The third-order valence-corrected chi connectivity index (χ3v) is 4.73. The van der Waals surface area contributed by atoms with Gasteiger partial charge in [-0.2, -0.15) is 0 Å². The normalized spacial score (nSPS) is 23.7. The van der Waals surface area contributed by atoms with Gasteiger partial charge in [-0.15, -0.1) is 0 Å². The summed E-state index contributed by atoms with van der Waals surface area (Å²) in [6, 6.07) is 8.80. The number of hydrogen-bond acceptors (Lipinski definition) is 2.